The van der Waals surface area contributed by atoms with Crippen molar-refractivity contribution in [1.29, 1.82) is 0 Å². The van der Waals surface area contributed by atoms with Gasteiger partial charge in [0.25, 0.3) is 0 Å². The topological polar surface area (TPSA) is 28.2 Å². The number of pyridine rings is 1. The molecular formula is C7H11N3Zn. The molecule has 56 valence electrons. The van der Waals surface area contributed by atoms with Gasteiger partial charge in [-0.05, 0) is 12.1 Å². The molecule has 1 N–H and O–H groups in total. The van der Waals surface area contributed by atoms with Gasteiger partial charge in [0.2, 0.25) is 0 Å². The van der Waals surface area contributed by atoms with E-state index >= 15 is 0 Å². The first-order valence-corrected chi connectivity index (χ1v) is 3.14. The zero-order valence-corrected chi connectivity index (χ0v) is 9.88. The number of nitrogens with one attached hydrogen (secondary N) is 1. The molecule has 1 aromatic rings. The predicted octanol–water partition coefficient (Wildman–Crippen LogP) is 0.968. The molecule has 0 amide bonds. The summed E-state index contributed by atoms with van der Waals surface area (Å²) in [7, 11) is 3.85. The maximum absolute atomic E-state index is 4.07. The molecule has 11 heavy (non-hydrogen) atoms. The molecule has 3 nitrogen and oxygen atoms in total. The van der Waals surface area contributed by atoms with Gasteiger partial charge in [0, 0.05) is 39.8 Å². The van der Waals surface area contributed by atoms with Crippen LogP contribution in [0, 0.1) is 0 Å². The first-order chi connectivity index (χ1) is 4.79. The number of rotatable bonds is 2. The van der Waals surface area contributed by atoms with Crippen molar-refractivity contribution in [3.05, 3.63) is 24.4 Å². The number of hydrazine groups is 1. The SMILES string of the molecule is CN(C)Nc1ccccn1.[Zn]. The van der Waals surface area contributed by atoms with Crippen LogP contribution in [0.4, 0.5) is 5.82 Å². The second kappa shape index (κ2) is 5.22. The molecular weight excluding hydrogens is 191 g/mol. The summed E-state index contributed by atoms with van der Waals surface area (Å²) in [5.41, 5.74) is 3.03. The minimum atomic E-state index is 0. The monoisotopic (exact) mass is 201 g/mol. The average Bonchev–Trinajstić information content (AvgIpc) is 1.88. The van der Waals surface area contributed by atoms with Crippen LogP contribution in [-0.4, -0.2) is 24.1 Å². The van der Waals surface area contributed by atoms with Crippen LogP contribution in [0.25, 0.3) is 0 Å². The number of aromatic nitrogens is 1. The minimum Gasteiger partial charge on any atom is -0.304 e. The van der Waals surface area contributed by atoms with Gasteiger partial charge in [0.1, 0.15) is 5.82 Å². The second-order valence-electron chi connectivity index (χ2n) is 2.22. The van der Waals surface area contributed by atoms with E-state index in [1.54, 1.807) is 6.20 Å². The fourth-order valence-electron chi connectivity index (χ4n) is 0.658. The van der Waals surface area contributed by atoms with Crippen molar-refractivity contribution >= 4 is 5.82 Å². The summed E-state index contributed by atoms with van der Waals surface area (Å²) in [5.74, 6) is 0.868. The van der Waals surface area contributed by atoms with E-state index in [0.29, 0.717) is 0 Å². The van der Waals surface area contributed by atoms with Gasteiger partial charge in [-0.15, -0.1) is 0 Å². The number of hydrogen-bond donors (Lipinski definition) is 1. The molecule has 0 saturated heterocycles. The molecule has 1 heterocycles. The average molecular weight is 203 g/mol. The molecule has 0 radical (unpaired) electrons. The standard InChI is InChI=1S/C7H11N3.Zn/c1-10(2)9-7-5-3-4-6-8-7;/h3-6H,1-2H3,(H,8,9);. The molecule has 0 aliphatic rings. The van der Waals surface area contributed by atoms with Gasteiger partial charge in [-0.25, -0.2) is 9.99 Å². The predicted molar refractivity (Wildman–Crippen MR) is 41.5 cm³/mol. The van der Waals surface area contributed by atoms with E-state index in [1.165, 1.54) is 0 Å². The summed E-state index contributed by atoms with van der Waals surface area (Å²) in [6.07, 6.45) is 1.76. The van der Waals surface area contributed by atoms with E-state index in [4.69, 9.17) is 0 Å². The van der Waals surface area contributed by atoms with E-state index < -0.39 is 0 Å². The van der Waals surface area contributed by atoms with Crippen molar-refractivity contribution < 1.29 is 19.5 Å². The van der Waals surface area contributed by atoms with E-state index in [9.17, 15) is 0 Å². The summed E-state index contributed by atoms with van der Waals surface area (Å²) >= 11 is 0. The van der Waals surface area contributed by atoms with Gasteiger partial charge in [-0.3, -0.25) is 0 Å². The molecule has 0 unspecified atom stereocenters. The zero-order valence-electron chi connectivity index (χ0n) is 6.91. The van der Waals surface area contributed by atoms with Crippen LogP contribution in [0.15, 0.2) is 24.4 Å². The van der Waals surface area contributed by atoms with Crippen LogP contribution < -0.4 is 5.43 Å². The van der Waals surface area contributed by atoms with Gasteiger partial charge >= 0.3 is 0 Å². The third-order valence-corrected chi connectivity index (χ3v) is 1.00. The Kier molecular flexibility index (Phi) is 5.00. The molecule has 0 aromatic carbocycles. The number of anilines is 1. The summed E-state index contributed by atoms with van der Waals surface area (Å²) in [6, 6.07) is 5.75. The van der Waals surface area contributed by atoms with E-state index in [2.05, 4.69) is 10.4 Å². The largest absolute Gasteiger partial charge is 0.304 e. The fraction of sp³-hybridized carbons (Fsp3) is 0.286. The summed E-state index contributed by atoms with van der Waals surface area (Å²) < 4.78 is 0. The Labute approximate surface area is 79.5 Å². The van der Waals surface area contributed by atoms with Crippen molar-refractivity contribution in [2.45, 2.75) is 0 Å². The Morgan fingerprint density at radius 1 is 1.36 bits per heavy atom. The first-order valence-electron chi connectivity index (χ1n) is 3.14. The second-order valence-corrected chi connectivity index (χ2v) is 2.22. The van der Waals surface area contributed by atoms with Crippen molar-refractivity contribution in [2.75, 3.05) is 19.5 Å². The van der Waals surface area contributed by atoms with Crippen LogP contribution in [0.3, 0.4) is 0 Å². The third kappa shape index (κ3) is 4.07. The van der Waals surface area contributed by atoms with Gasteiger partial charge in [0.15, 0.2) is 0 Å². The molecule has 0 atom stereocenters. The van der Waals surface area contributed by atoms with Crippen LogP contribution in [0.2, 0.25) is 0 Å². The Morgan fingerprint density at radius 2 is 2.09 bits per heavy atom. The molecule has 0 spiro atoms. The molecule has 0 aliphatic heterocycles. The molecule has 0 bridgehead atoms. The normalized spacial score (nSPS) is 9.00. The summed E-state index contributed by atoms with van der Waals surface area (Å²) in [6.45, 7) is 0. The molecule has 0 aliphatic carbocycles. The minimum absolute atomic E-state index is 0. The number of nitrogens with zero attached hydrogens (tertiary/aromatic N) is 2. The maximum atomic E-state index is 4.07. The van der Waals surface area contributed by atoms with Crippen LogP contribution in [0.1, 0.15) is 0 Å². The molecule has 0 fully saturated rings. The molecule has 1 aromatic heterocycles. The van der Waals surface area contributed by atoms with Crippen LogP contribution in [0.5, 0.6) is 0 Å². The van der Waals surface area contributed by atoms with Gasteiger partial charge in [-0.2, -0.15) is 0 Å². The van der Waals surface area contributed by atoms with Gasteiger partial charge in [-0.1, -0.05) is 6.07 Å². The van der Waals surface area contributed by atoms with Crippen molar-refractivity contribution in [1.82, 2.24) is 9.99 Å². The summed E-state index contributed by atoms with van der Waals surface area (Å²) in [4.78, 5) is 4.07. The van der Waals surface area contributed by atoms with Gasteiger partial charge < -0.3 is 5.43 Å². The van der Waals surface area contributed by atoms with Crippen molar-refractivity contribution in [2.24, 2.45) is 0 Å². The Balaban J connectivity index is 0.000001000. The zero-order chi connectivity index (χ0) is 7.40. The third-order valence-electron chi connectivity index (χ3n) is 1.00. The van der Waals surface area contributed by atoms with E-state index in [0.717, 1.165) is 5.82 Å². The van der Waals surface area contributed by atoms with E-state index in [1.807, 2.05) is 37.3 Å². The molecule has 1 rings (SSSR count). The van der Waals surface area contributed by atoms with Crippen molar-refractivity contribution in [3.8, 4) is 0 Å². The van der Waals surface area contributed by atoms with E-state index in [-0.39, 0.29) is 19.5 Å². The fourth-order valence-corrected chi connectivity index (χ4v) is 0.658. The van der Waals surface area contributed by atoms with Gasteiger partial charge in [0.05, 0.1) is 0 Å². The summed E-state index contributed by atoms with van der Waals surface area (Å²) in [5, 5.41) is 1.85. The quantitative estimate of drug-likeness (QED) is 0.572. The Morgan fingerprint density at radius 3 is 2.55 bits per heavy atom. The van der Waals surface area contributed by atoms with Crippen LogP contribution >= 0.6 is 0 Å². The number of hydrogen-bond acceptors (Lipinski definition) is 3. The first kappa shape index (κ1) is 10.5. The molecule has 0 saturated carbocycles. The smallest absolute Gasteiger partial charge is 0.140 e. The van der Waals surface area contributed by atoms with Crippen molar-refractivity contribution in [3.63, 3.8) is 0 Å². The Bertz CT molecular complexity index is 188. The van der Waals surface area contributed by atoms with Crippen LogP contribution in [-0.2, 0) is 19.5 Å². The Hall–Kier alpha value is -0.467. The molecule has 4 heteroatoms. The maximum Gasteiger partial charge on any atom is 0.140 e.